The fourth-order valence-electron chi connectivity index (χ4n) is 9.86. The Balaban J connectivity index is 1.11. The number of hydrogen-bond acceptors (Lipinski definition) is 10. The van der Waals surface area contributed by atoms with Crippen LogP contribution in [0.4, 0.5) is 0 Å². The third-order valence-electron chi connectivity index (χ3n) is 13.1. The average molecular weight is 805 g/mol. The molecule has 0 N–H and O–H groups in total. The van der Waals surface area contributed by atoms with Crippen LogP contribution in [0.5, 0.6) is 5.75 Å². The molecule has 0 spiro atoms. The van der Waals surface area contributed by atoms with Gasteiger partial charge >= 0.3 is 23.9 Å². The third-order valence-corrected chi connectivity index (χ3v) is 13.1. The molecule has 1 aromatic carbocycles. The first-order chi connectivity index (χ1) is 28.0. The van der Waals surface area contributed by atoms with E-state index < -0.39 is 11.9 Å². The summed E-state index contributed by atoms with van der Waals surface area (Å²) in [5.41, 5.74) is 3.49. The van der Waals surface area contributed by atoms with E-state index in [1.807, 2.05) is 6.07 Å². The molecule has 0 unspecified atom stereocenters. The molecule has 320 valence electrons. The van der Waals surface area contributed by atoms with E-state index in [-0.39, 0.29) is 54.9 Å². The maximum Gasteiger partial charge on any atom is 0.341 e. The zero-order valence-electron chi connectivity index (χ0n) is 35.2. The second-order valence-electron chi connectivity index (χ2n) is 17.3. The van der Waals surface area contributed by atoms with E-state index in [9.17, 15) is 19.2 Å². The van der Waals surface area contributed by atoms with Gasteiger partial charge in [0.2, 0.25) is 0 Å². The summed E-state index contributed by atoms with van der Waals surface area (Å²) in [5.74, 6) is 1.51. The van der Waals surface area contributed by atoms with Crippen molar-refractivity contribution in [3.05, 3.63) is 65.8 Å². The third kappa shape index (κ3) is 13.7. The summed E-state index contributed by atoms with van der Waals surface area (Å²) in [6, 6.07) is 6.24. The van der Waals surface area contributed by atoms with Crippen molar-refractivity contribution < 1.29 is 47.6 Å². The molecule has 1 aromatic rings. The lowest BCUT2D eigenvalue weighted by molar-refractivity contribution is -0.153. The van der Waals surface area contributed by atoms with Gasteiger partial charge in [-0.1, -0.05) is 32.2 Å². The number of methoxy groups -OCH3 is 2. The van der Waals surface area contributed by atoms with Crippen LogP contribution >= 0.6 is 0 Å². The van der Waals surface area contributed by atoms with Crippen molar-refractivity contribution in [1.29, 1.82) is 0 Å². The highest BCUT2D eigenvalue weighted by molar-refractivity contribution is 5.93. The number of carbonyl (C=O) groups is 4. The quantitative estimate of drug-likeness (QED) is 0.0439. The Morgan fingerprint density at radius 1 is 0.603 bits per heavy atom. The van der Waals surface area contributed by atoms with Gasteiger partial charge in [-0.3, -0.25) is 4.79 Å². The van der Waals surface area contributed by atoms with Crippen molar-refractivity contribution in [2.24, 2.45) is 17.8 Å². The van der Waals surface area contributed by atoms with Gasteiger partial charge in [-0.2, -0.15) is 0 Å². The van der Waals surface area contributed by atoms with Crippen LogP contribution in [0.15, 0.2) is 54.7 Å². The minimum atomic E-state index is -0.478. The number of benzene rings is 1. The molecule has 10 heteroatoms. The second-order valence-corrected chi connectivity index (χ2v) is 17.3. The van der Waals surface area contributed by atoms with Crippen molar-refractivity contribution in [1.82, 2.24) is 0 Å². The molecule has 4 saturated carbocycles. The van der Waals surface area contributed by atoms with Crippen LogP contribution in [0.2, 0.25) is 0 Å². The van der Waals surface area contributed by atoms with Crippen LogP contribution in [0.25, 0.3) is 0 Å². The SMILES string of the molecule is C=C(COC)C(=O)OCCCC1CCC(c2ccc(OC(=O)C(=C)COC)cc2C2CCC(C3CCC(OC(=O)C(=C)CC(=O)OC4CCCCC4)CC3)CC2)CC1. The van der Waals surface area contributed by atoms with E-state index in [4.69, 9.17) is 28.4 Å². The van der Waals surface area contributed by atoms with Crippen LogP contribution in [0.3, 0.4) is 0 Å². The Hall–Kier alpha value is -3.76. The molecule has 0 aromatic heterocycles. The summed E-state index contributed by atoms with van der Waals surface area (Å²) >= 11 is 0. The number of ether oxygens (including phenoxy) is 6. The maximum atomic E-state index is 12.8. The number of rotatable bonds is 19. The van der Waals surface area contributed by atoms with Crippen LogP contribution in [-0.4, -0.2) is 70.1 Å². The molecule has 0 radical (unpaired) electrons. The maximum absolute atomic E-state index is 12.8. The minimum Gasteiger partial charge on any atom is -0.462 e. The predicted molar refractivity (Wildman–Crippen MR) is 222 cm³/mol. The van der Waals surface area contributed by atoms with Gasteiger partial charge in [0.25, 0.3) is 0 Å². The van der Waals surface area contributed by atoms with Crippen molar-refractivity contribution >= 4 is 23.9 Å². The smallest absolute Gasteiger partial charge is 0.341 e. The summed E-state index contributed by atoms with van der Waals surface area (Å²) in [7, 11) is 3.07. The zero-order valence-corrected chi connectivity index (χ0v) is 35.2. The van der Waals surface area contributed by atoms with Crippen molar-refractivity contribution in [2.45, 2.75) is 152 Å². The summed E-state index contributed by atoms with van der Waals surface area (Å²) in [6.07, 6.45) is 19.4. The molecule has 0 bridgehead atoms. The Morgan fingerprint density at radius 3 is 1.81 bits per heavy atom. The van der Waals surface area contributed by atoms with Gasteiger partial charge in [-0.05, 0) is 168 Å². The van der Waals surface area contributed by atoms with E-state index in [1.165, 1.54) is 31.8 Å². The molecule has 0 saturated heterocycles. The Kier molecular flexibility index (Phi) is 18.1. The topological polar surface area (TPSA) is 124 Å². The standard InChI is InChI=1S/C48H68O10/c1-32(28-45(49)56-40-11-7-6-8-12-40)47(51)57-41-23-21-37(22-24-41)36-17-19-39(20-18-36)44-29-42(58-48(52)34(3)31-54-5)25-26-43(44)38-15-13-35(14-16-38)10-9-27-55-46(50)33(2)30-53-4/h25-26,29,35-41H,1-3,6-24,27-28,30-31H2,4-5H3. The highest BCUT2D eigenvalue weighted by Gasteiger charge is 2.35. The summed E-state index contributed by atoms with van der Waals surface area (Å²) in [6.45, 7) is 12.1. The number of carbonyl (C=O) groups excluding carboxylic acids is 4. The highest BCUT2D eigenvalue weighted by atomic mass is 16.6. The minimum absolute atomic E-state index is 0.0403. The summed E-state index contributed by atoms with van der Waals surface area (Å²) in [4.78, 5) is 50.1. The van der Waals surface area contributed by atoms with Gasteiger partial charge in [0, 0.05) is 19.8 Å². The van der Waals surface area contributed by atoms with Gasteiger partial charge in [0.15, 0.2) is 0 Å². The number of esters is 4. The predicted octanol–water partition coefficient (Wildman–Crippen LogP) is 9.79. The zero-order chi connectivity index (χ0) is 41.4. The first kappa shape index (κ1) is 45.3. The molecule has 58 heavy (non-hydrogen) atoms. The van der Waals surface area contributed by atoms with Crippen molar-refractivity contribution in [3.8, 4) is 5.75 Å². The molecular formula is C48H68O10. The van der Waals surface area contributed by atoms with Gasteiger partial charge < -0.3 is 28.4 Å². The normalized spacial score (nSPS) is 25.2. The molecular weight excluding hydrogens is 737 g/mol. The van der Waals surface area contributed by atoms with Crippen LogP contribution in [-0.2, 0) is 42.9 Å². The molecule has 4 aliphatic carbocycles. The van der Waals surface area contributed by atoms with Crippen LogP contribution in [0, 0.1) is 17.8 Å². The Bertz CT molecular complexity index is 1570. The summed E-state index contributed by atoms with van der Waals surface area (Å²) < 4.78 is 32.7. The van der Waals surface area contributed by atoms with Crippen LogP contribution in [0.1, 0.15) is 151 Å². The molecule has 10 nitrogen and oxygen atoms in total. The molecule has 0 heterocycles. The highest BCUT2D eigenvalue weighted by Crippen LogP contribution is 2.47. The van der Waals surface area contributed by atoms with E-state index in [1.54, 1.807) is 0 Å². The van der Waals surface area contributed by atoms with E-state index in [0.29, 0.717) is 47.5 Å². The van der Waals surface area contributed by atoms with E-state index in [0.717, 1.165) is 116 Å². The first-order valence-electron chi connectivity index (χ1n) is 22.0. The lowest BCUT2D eigenvalue weighted by Gasteiger charge is -2.39. The fraction of sp³-hybridized carbons (Fsp3) is 0.667. The van der Waals surface area contributed by atoms with Crippen LogP contribution < -0.4 is 4.74 Å². The molecule has 4 aliphatic rings. The Labute approximate surface area is 346 Å². The van der Waals surface area contributed by atoms with Gasteiger partial charge in [-0.25, -0.2) is 14.4 Å². The van der Waals surface area contributed by atoms with Gasteiger partial charge in [0.05, 0.1) is 37.4 Å². The van der Waals surface area contributed by atoms with Crippen molar-refractivity contribution in [3.63, 3.8) is 0 Å². The van der Waals surface area contributed by atoms with Gasteiger partial charge in [0.1, 0.15) is 18.0 Å². The molecule has 0 amide bonds. The summed E-state index contributed by atoms with van der Waals surface area (Å²) in [5, 5.41) is 0. The van der Waals surface area contributed by atoms with Crippen molar-refractivity contribution in [2.75, 3.05) is 34.0 Å². The molecule has 0 atom stereocenters. The lowest BCUT2D eigenvalue weighted by atomic mass is 9.68. The molecule has 4 fully saturated rings. The lowest BCUT2D eigenvalue weighted by Crippen LogP contribution is -2.30. The molecule has 5 rings (SSSR count). The average Bonchev–Trinajstić information content (AvgIpc) is 3.23. The molecule has 0 aliphatic heterocycles. The Morgan fingerprint density at radius 2 is 1.17 bits per heavy atom. The monoisotopic (exact) mass is 804 g/mol. The van der Waals surface area contributed by atoms with E-state index in [2.05, 4.69) is 31.9 Å². The number of hydrogen-bond donors (Lipinski definition) is 0. The van der Waals surface area contributed by atoms with E-state index >= 15 is 0 Å². The largest absolute Gasteiger partial charge is 0.462 e. The second kappa shape index (κ2) is 23.1. The van der Waals surface area contributed by atoms with Gasteiger partial charge in [-0.15, -0.1) is 0 Å². The fourth-order valence-corrected chi connectivity index (χ4v) is 9.86. The first-order valence-corrected chi connectivity index (χ1v) is 22.0.